The molecule has 8 heteroatoms. The van der Waals surface area contributed by atoms with Crippen LogP contribution in [0.5, 0.6) is 5.75 Å². The van der Waals surface area contributed by atoms with Crippen LogP contribution in [-0.2, 0) is 0 Å². The van der Waals surface area contributed by atoms with E-state index in [1.807, 2.05) is 0 Å². The molecule has 2 aromatic rings. The number of hydrazine groups is 1. The summed E-state index contributed by atoms with van der Waals surface area (Å²) >= 11 is 14.9. The van der Waals surface area contributed by atoms with Crippen LogP contribution in [0.1, 0.15) is 20.7 Å². The summed E-state index contributed by atoms with van der Waals surface area (Å²) in [7, 11) is 1.52. The number of halogens is 3. The fraction of sp³-hybridized carbons (Fsp3) is 0.0667. The van der Waals surface area contributed by atoms with Gasteiger partial charge in [0.25, 0.3) is 11.8 Å². The third kappa shape index (κ3) is 4.60. The van der Waals surface area contributed by atoms with Crippen LogP contribution in [0.4, 0.5) is 0 Å². The maximum atomic E-state index is 12.0. The third-order valence-electron chi connectivity index (χ3n) is 2.83. The molecule has 0 radical (unpaired) electrons. The highest BCUT2D eigenvalue weighted by Gasteiger charge is 2.12. The highest BCUT2D eigenvalue weighted by atomic mass is 79.9. The predicted octanol–water partition coefficient (Wildman–Crippen LogP) is 3.84. The molecule has 2 amide bonds. The Morgan fingerprint density at radius 3 is 2.04 bits per heavy atom. The molecule has 5 nitrogen and oxygen atoms in total. The lowest BCUT2D eigenvalue weighted by atomic mass is 10.2. The van der Waals surface area contributed by atoms with Gasteiger partial charge < -0.3 is 4.74 Å². The van der Waals surface area contributed by atoms with Crippen LogP contribution in [0.15, 0.2) is 40.9 Å². The summed E-state index contributed by atoms with van der Waals surface area (Å²) < 4.78 is 5.71. The Bertz CT molecular complexity index is 748. The maximum absolute atomic E-state index is 12.0. The minimum absolute atomic E-state index is 0.235. The van der Waals surface area contributed by atoms with E-state index in [1.54, 1.807) is 18.2 Å². The molecule has 0 atom stereocenters. The van der Waals surface area contributed by atoms with Crippen LogP contribution in [0.25, 0.3) is 0 Å². The summed E-state index contributed by atoms with van der Waals surface area (Å²) in [5, 5.41) is 0.654. The highest BCUT2D eigenvalue weighted by molar-refractivity contribution is 9.10. The minimum atomic E-state index is -0.532. The number of hydrogen-bond acceptors (Lipinski definition) is 3. The number of rotatable bonds is 3. The Balaban J connectivity index is 2.03. The van der Waals surface area contributed by atoms with E-state index in [-0.39, 0.29) is 5.56 Å². The number of carbonyl (C=O) groups is 2. The Hall–Kier alpha value is -1.76. The van der Waals surface area contributed by atoms with Gasteiger partial charge in [-0.2, -0.15) is 0 Å². The smallest absolute Gasteiger partial charge is 0.269 e. The molecule has 0 aliphatic carbocycles. The number of ether oxygens (including phenoxy) is 1. The molecule has 2 N–H and O–H groups in total. The molecule has 0 bridgehead atoms. The van der Waals surface area contributed by atoms with Crippen molar-refractivity contribution in [2.75, 3.05) is 7.11 Å². The van der Waals surface area contributed by atoms with Gasteiger partial charge in [0.15, 0.2) is 0 Å². The number of nitrogens with one attached hydrogen (secondary N) is 2. The zero-order chi connectivity index (χ0) is 17.0. The highest BCUT2D eigenvalue weighted by Crippen LogP contribution is 2.25. The first-order valence-corrected chi connectivity index (χ1v) is 7.86. The predicted molar refractivity (Wildman–Crippen MR) is 92.1 cm³/mol. The van der Waals surface area contributed by atoms with E-state index in [0.717, 1.165) is 0 Å². The van der Waals surface area contributed by atoms with Gasteiger partial charge in [0.2, 0.25) is 0 Å². The molecule has 0 aromatic heterocycles. The van der Waals surface area contributed by atoms with E-state index in [0.29, 0.717) is 25.8 Å². The van der Waals surface area contributed by atoms with Gasteiger partial charge in [0.1, 0.15) is 5.75 Å². The first kappa shape index (κ1) is 17.6. The Morgan fingerprint density at radius 1 is 0.957 bits per heavy atom. The van der Waals surface area contributed by atoms with Gasteiger partial charge in [-0.1, -0.05) is 23.2 Å². The van der Waals surface area contributed by atoms with E-state index in [9.17, 15) is 9.59 Å². The van der Waals surface area contributed by atoms with Gasteiger partial charge in [0.05, 0.1) is 11.6 Å². The zero-order valence-corrected chi connectivity index (χ0v) is 14.9. The molecule has 0 aliphatic rings. The molecule has 0 saturated heterocycles. The van der Waals surface area contributed by atoms with Crippen LogP contribution in [0, 0.1) is 0 Å². The number of benzene rings is 2. The van der Waals surface area contributed by atoms with Crippen molar-refractivity contribution < 1.29 is 14.3 Å². The molecular formula is C15H11BrCl2N2O3. The molecule has 23 heavy (non-hydrogen) atoms. The quantitative estimate of drug-likeness (QED) is 0.745. The van der Waals surface area contributed by atoms with Crippen molar-refractivity contribution in [1.29, 1.82) is 0 Å². The van der Waals surface area contributed by atoms with Gasteiger partial charge in [0, 0.05) is 21.2 Å². The number of hydrogen-bond donors (Lipinski definition) is 2. The summed E-state index contributed by atoms with van der Waals surface area (Å²) in [6.07, 6.45) is 0. The van der Waals surface area contributed by atoms with E-state index >= 15 is 0 Å². The van der Waals surface area contributed by atoms with Crippen molar-refractivity contribution in [2.24, 2.45) is 0 Å². The first-order valence-electron chi connectivity index (χ1n) is 6.31. The molecule has 120 valence electrons. The van der Waals surface area contributed by atoms with E-state index in [2.05, 4.69) is 26.8 Å². The second-order valence-electron chi connectivity index (χ2n) is 4.42. The summed E-state index contributed by atoms with van der Waals surface area (Å²) in [5.41, 5.74) is 5.20. The fourth-order valence-corrected chi connectivity index (χ4v) is 2.82. The summed E-state index contributed by atoms with van der Waals surface area (Å²) in [4.78, 5) is 24.0. The average molecular weight is 418 g/mol. The molecule has 2 aromatic carbocycles. The van der Waals surface area contributed by atoms with Gasteiger partial charge in [-0.3, -0.25) is 20.4 Å². The largest absolute Gasteiger partial charge is 0.496 e. The molecule has 0 spiro atoms. The van der Waals surface area contributed by atoms with Gasteiger partial charge in [-0.05, 0) is 52.3 Å². The number of amides is 2. The van der Waals surface area contributed by atoms with Crippen molar-refractivity contribution in [3.63, 3.8) is 0 Å². The summed E-state index contributed by atoms with van der Waals surface area (Å²) in [6, 6.07) is 9.18. The van der Waals surface area contributed by atoms with E-state index < -0.39 is 11.8 Å². The zero-order valence-electron chi connectivity index (χ0n) is 11.8. The molecule has 0 fully saturated rings. The van der Waals surface area contributed by atoms with E-state index in [4.69, 9.17) is 27.9 Å². The summed E-state index contributed by atoms with van der Waals surface area (Å²) in [6.45, 7) is 0. The second kappa shape index (κ2) is 7.68. The second-order valence-corrected chi connectivity index (χ2v) is 6.14. The fourth-order valence-electron chi connectivity index (χ4n) is 1.75. The third-order valence-corrected chi connectivity index (χ3v) is 3.88. The lowest BCUT2D eigenvalue weighted by Gasteiger charge is -2.09. The molecule has 0 unspecified atom stereocenters. The van der Waals surface area contributed by atoms with Crippen LogP contribution in [0.2, 0.25) is 10.0 Å². The lowest BCUT2D eigenvalue weighted by Crippen LogP contribution is -2.41. The van der Waals surface area contributed by atoms with Crippen LogP contribution >= 0.6 is 39.1 Å². The van der Waals surface area contributed by atoms with Gasteiger partial charge in [-0.25, -0.2) is 0 Å². The maximum Gasteiger partial charge on any atom is 0.269 e. The van der Waals surface area contributed by atoms with Gasteiger partial charge in [-0.15, -0.1) is 0 Å². The van der Waals surface area contributed by atoms with Crippen molar-refractivity contribution >= 4 is 50.9 Å². The van der Waals surface area contributed by atoms with Crippen molar-refractivity contribution in [2.45, 2.75) is 0 Å². The standard InChI is InChI=1S/C15H11BrCl2N2O3/c1-23-13-3-2-8(6-12(13)16)14(21)19-20-15(22)9-4-10(17)7-11(18)5-9/h2-7H,1H3,(H,19,21)(H,20,22). The van der Waals surface area contributed by atoms with Gasteiger partial charge >= 0.3 is 0 Å². The first-order chi connectivity index (χ1) is 10.9. The monoisotopic (exact) mass is 416 g/mol. The van der Waals surface area contributed by atoms with Crippen molar-refractivity contribution in [3.8, 4) is 5.75 Å². The van der Waals surface area contributed by atoms with E-state index in [1.165, 1.54) is 25.3 Å². The Labute approximate surface area is 151 Å². The molecular weight excluding hydrogens is 407 g/mol. The van der Waals surface area contributed by atoms with Crippen LogP contribution in [0.3, 0.4) is 0 Å². The van der Waals surface area contributed by atoms with Crippen molar-refractivity contribution in [1.82, 2.24) is 10.9 Å². The van der Waals surface area contributed by atoms with Crippen molar-refractivity contribution in [3.05, 3.63) is 62.0 Å². The molecule has 0 heterocycles. The average Bonchev–Trinajstić information content (AvgIpc) is 2.51. The Morgan fingerprint density at radius 2 is 1.52 bits per heavy atom. The topological polar surface area (TPSA) is 67.4 Å². The van der Waals surface area contributed by atoms with Crippen LogP contribution in [-0.4, -0.2) is 18.9 Å². The lowest BCUT2D eigenvalue weighted by molar-refractivity contribution is 0.0846. The van der Waals surface area contributed by atoms with Crippen LogP contribution < -0.4 is 15.6 Å². The molecule has 0 aliphatic heterocycles. The molecule has 2 rings (SSSR count). The number of methoxy groups -OCH3 is 1. The Kier molecular flexibility index (Phi) is 5.87. The number of carbonyl (C=O) groups excluding carboxylic acids is 2. The SMILES string of the molecule is COc1ccc(C(=O)NNC(=O)c2cc(Cl)cc(Cl)c2)cc1Br. The minimum Gasteiger partial charge on any atom is -0.496 e. The molecule has 0 saturated carbocycles. The normalized spacial score (nSPS) is 10.1. The summed E-state index contributed by atoms with van der Waals surface area (Å²) in [5.74, 6) is -0.413.